The molecule has 0 aliphatic heterocycles. The third kappa shape index (κ3) is 4.18. The van der Waals surface area contributed by atoms with E-state index in [9.17, 15) is 4.39 Å². The third-order valence-electron chi connectivity index (χ3n) is 2.73. The molecule has 0 aliphatic rings. The first-order valence-electron chi connectivity index (χ1n) is 6.32. The van der Waals surface area contributed by atoms with Gasteiger partial charge in [0, 0.05) is 28.7 Å². The van der Waals surface area contributed by atoms with Crippen LogP contribution in [0.1, 0.15) is 18.2 Å². The van der Waals surface area contributed by atoms with Crippen molar-refractivity contribution in [2.24, 2.45) is 5.73 Å². The molecule has 20 heavy (non-hydrogen) atoms. The van der Waals surface area contributed by atoms with Gasteiger partial charge in [-0.2, -0.15) is 0 Å². The van der Waals surface area contributed by atoms with Crippen LogP contribution in [0.15, 0.2) is 36.5 Å². The topological polar surface area (TPSA) is 48.1 Å². The Labute approximate surface area is 122 Å². The Hall–Kier alpha value is -1.65. The predicted octanol–water partition coefficient (Wildman–Crippen LogP) is 3.34. The number of nitrogens with zero attached hydrogens (tertiary/aromatic N) is 1. The monoisotopic (exact) mass is 294 g/mol. The van der Waals surface area contributed by atoms with E-state index < -0.39 is 0 Å². The summed E-state index contributed by atoms with van der Waals surface area (Å²) in [6, 6.07) is 8.10. The molecule has 0 saturated carbocycles. The third-order valence-corrected chi connectivity index (χ3v) is 2.97. The zero-order valence-electron chi connectivity index (χ0n) is 11.1. The van der Waals surface area contributed by atoms with E-state index in [4.69, 9.17) is 22.1 Å². The van der Waals surface area contributed by atoms with Crippen LogP contribution >= 0.6 is 11.6 Å². The zero-order chi connectivity index (χ0) is 14.5. The minimum Gasteiger partial charge on any atom is -0.487 e. The van der Waals surface area contributed by atoms with Gasteiger partial charge in [0.2, 0.25) is 0 Å². The van der Waals surface area contributed by atoms with E-state index in [1.807, 2.05) is 13.0 Å². The maximum Gasteiger partial charge on any atom is 0.138 e. The van der Waals surface area contributed by atoms with Gasteiger partial charge in [-0.1, -0.05) is 11.6 Å². The smallest absolute Gasteiger partial charge is 0.138 e. The summed E-state index contributed by atoms with van der Waals surface area (Å²) in [5.41, 5.74) is 7.02. The average molecular weight is 295 g/mol. The lowest BCUT2D eigenvalue weighted by Crippen LogP contribution is -2.18. The first kappa shape index (κ1) is 14.8. The standard InChI is InChI=1S/C15H16ClFN2O/c1-10(18)6-13-3-4-14(8-19-13)20-9-11-7-12(16)2-5-15(11)17/h2-5,7-8,10H,6,9,18H2,1H3. The summed E-state index contributed by atoms with van der Waals surface area (Å²) in [5.74, 6) is 0.244. The van der Waals surface area contributed by atoms with Gasteiger partial charge in [0.05, 0.1) is 6.20 Å². The predicted molar refractivity (Wildman–Crippen MR) is 77.3 cm³/mol. The van der Waals surface area contributed by atoms with Crippen molar-refractivity contribution in [1.29, 1.82) is 0 Å². The molecule has 1 heterocycles. The van der Waals surface area contributed by atoms with E-state index in [1.165, 1.54) is 12.1 Å². The number of pyridine rings is 1. The van der Waals surface area contributed by atoms with Crippen LogP contribution in [0.5, 0.6) is 5.75 Å². The maximum absolute atomic E-state index is 13.5. The molecule has 0 amide bonds. The zero-order valence-corrected chi connectivity index (χ0v) is 11.9. The number of ether oxygens (including phenoxy) is 1. The lowest BCUT2D eigenvalue weighted by Gasteiger charge is -2.09. The fourth-order valence-corrected chi connectivity index (χ4v) is 1.96. The molecule has 106 valence electrons. The first-order chi connectivity index (χ1) is 9.54. The molecule has 0 fully saturated rings. The van der Waals surface area contributed by atoms with Crippen LogP contribution in [0, 0.1) is 5.82 Å². The molecule has 2 aromatic rings. The number of hydrogen-bond donors (Lipinski definition) is 1. The largest absolute Gasteiger partial charge is 0.487 e. The van der Waals surface area contributed by atoms with E-state index in [2.05, 4.69) is 4.98 Å². The Bertz CT molecular complexity index is 573. The second-order valence-corrected chi connectivity index (χ2v) is 5.13. The molecule has 5 heteroatoms. The Kier molecular flexibility index (Phi) is 4.93. The fourth-order valence-electron chi connectivity index (χ4n) is 1.76. The van der Waals surface area contributed by atoms with E-state index in [1.54, 1.807) is 18.3 Å². The number of benzene rings is 1. The molecular weight excluding hydrogens is 279 g/mol. The van der Waals surface area contributed by atoms with Gasteiger partial charge >= 0.3 is 0 Å². The summed E-state index contributed by atoms with van der Waals surface area (Å²) in [7, 11) is 0. The molecule has 0 saturated heterocycles. The van der Waals surface area contributed by atoms with Crippen molar-refractivity contribution in [3.63, 3.8) is 0 Å². The minimum absolute atomic E-state index is 0.0647. The Morgan fingerprint density at radius 1 is 1.35 bits per heavy atom. The average Bonchev–Trinajstić information content (AvgIpc) is 2.41. The molecule has 0 aliphatic carbocycles. The highest BCUT2D eigenvalue weighted by molar-refractivity contribution is 6.30. The van der Waals surface area contributed by atoms with Gasteiger partial charge in [-0.05, 0) is 37.3 Å². The number of aromatic nitrogens is 1. The van der Waals surface area contributed by atoms with Gasteiger partial charge in [0.15, 0.2) is 0 Å². The van der Waals surface area contributed by atoms with Crippen LogP contribution in [-0.4, -0.2) is 11.0 Å². The van der Waals surface area contributed by atoms with E-state index >= 15 is 0 Å². The van der Waals surface area contributed by atoms with Crippen LogP contribution < -0.4 is 10.5 Å². The van der Waals surface area contributed by atoms with Crippen molar-refractivity contribution in [3.8, 4) is 5.75 Å². The molecule has 1 unspecified atom stereocenters. The normalized spacial score (nSPS) is 12.2. The number of halogens is 2. The van der Waals surface area contributed by atoms with E-state index in [0.29, 0.717) is 22.8 Å². The number of rotatable bonds is 5. The Morgan fingerprint density at radius 2 is 2.15 bits per heavy atom. The quantitative estimate of drug-likeness (QED) is 0.920. The highest BCUT2D eigenvalue weighted by Gasteiger charge is 2.05. The molecule has 0 radical (unpaired) electrons. The summed E-state index contributed by atoms with van der Waals surface area (Å²) in [6.07, 6.45) is 2.32. The van der Waals surface area contributed by atoms with Crippen molar-refractivity contribution in [2.45, 2.75) is 26.0 Å². The summed E-state index contributed by atoms with van der Waals surface area (Å²) < 4.78 is 19.0. The molecule has 2 rings (SSSR count). The SMILES string of the molecule is CC(N)Cc1ccc(OCc2cc(Cl)ccc2F)cn1. The maximum atomic E-state index is 13.5. The van der Waals surface area contributed by atoms with Crippen molar-refractivity contribution >= 4 is 11.6 Å². The van der Waals surface area contributed by atoms with Gasteiger partial charge in [-0.3, -0.25) is 4.98 Å². The van der Waals surface area contributed by atoms with Crippen molar-refractivity contribution in [1.82, 2.24) is 4.98 Å². The van der Waals surface area contributed by atoms with Crippen molar-refractivity contribution in [2.75, 3.05) is 0 Å². The molecule has 1 atom stereocenters. The van der Waals surface area contributed by atoms with Crippen LogP contribution in [0.3, 0.4) is 0 Å². The molecule has 0 bridgehead atoms. The van der Waals surface area contributed by atoms with Crippen molar-refractivity contribution in [3.05, 3.63) is 58.6 Å². The van der Waals surface area contributed by atoms with Crippen LogP contribution in [-0.2, 0) is 13.0 Å². The summed E-state index contributed by atoms with van der Waals surface area (Å²) in [4.78, 5) is 4.25. The van der Waals surface area contributed by atoms with Gasteiger partial charge in [-0.25, -0.2) is 4.39 Å². The second kappa shape index (κ2) is 6.68. The van der Waals surface area contributed by atoms with Crippen LogP contribution in [0.25, 0.3) is 0 Å². The fraction of sp³-hybridized carbons (Fsp3) is 0.267. The lowest BCUT2D eigenvalue weighted by molar-refractivity contribution is 0.298. The van der Waals surface area contributed by atoms with E-state index in [0.717, 1.165) is 5.69 Å². The molecule has 1 aromatic carbocycles. The Morgan fingerprint density at radius 3 is 2.80 bits per heavy atom. The molecule has 0 spiro atoms. The first-order valence-corrected chi connectivity index (χ1v) is 6.69. The molecule has 1 aromatic heterocycles. The molecular formula is C15H16ClFN2O. The molecule has 3 nitrogen and oxygen atoms in total. The van der Waals surface area contributed by atoms with Gasteiger partial charge in [0.1, 0.15) is 18.2 Å². The Balaban J connectivity index is 1.98. The lowest BCUT2D eigenvalue weighted by atomic mass is 10.2. The summed E-state index contributed by atoms with van der Waals surface area (Å²) in [6.45, 7) is 2.04. The van der Waals surface area contributed by atoms with Crippen LogP contribution in [0.4, 0.5) is 4.39 Å². The number of nitrogens with two attached hydrogens (primary N) is 1. The second-order valence-electron chi connectivity index (χ2n) is 4.69. The van der Waals surface area contributed by atoms with Crippen molar-refractivity contribution < 1.29 is 9.13 Å². The van der Waals surface area contributed by atoms with Gasteiger partial charge < -0.3 is 10.5 Å². The van der Waals surface area contributed by atoms with Gasteiger partial charge in [-0.15, -0.1) is 0 Å². The highest BCUT2D eigenvalue weighted by Crippen LogP contribution is 2.18. The summed E-state index contributed by atoms with van der Waals surface area (Å²) >= 11 is 5.82. The van der Waals surface area contributed by atoms with E-state index in [-0.39, 0.29) is 18.5 Å². The van der Waals surface area contributed by atoms with Crippen LogP contribution in [0.2, 0.25) is 5.02 Å². The summed E-state index contributed by atoms with van der Waals surface area (Å²) in [5, 5.41) is 0.482. The highest BCUT2D eigenvalue weighted by atomic mass is 35.5. The number of hydrogen-bond acceptors (Lipinski definition) is 3. The molecule has 2 N–H and O–H groups in total. The van der Waals surface area contributed by atoms with Gasteiger partial charge in [0.25, 0.3) is 0 Å². The minimum atomic E-state index is -0.337.